The molecule has 1 N–H and O–H groups in total. The van der Waals surface area contributed by atoms with Crippen LogP contribution in [-0.4, -0.2) is 40.8 Å². The number of likely N-dealkylation sites (tertiary alicyclic amines) is 1. The zero-order chi connectivity index (χ0) is 18.8. The quantitative estimate of drug-likeness (QED) is 0.898. The number of nitrogens with zero attached hydrogens (tertiary/aromatic N) is 2. The van der Waals surface area contributed by atoms with Crippen LogP contribution < -0.4 is 5.32 Å². The number of thiazole rings is 1. The smallest absolute Gasteiger partial charge is 0.265 e. The maximum Gasteiger partial charge on any atom is 0.265 e. The van der Waals surface area contributed by atoms with Crippen LogP contribution in [0, 0.1) is 20.8 Å². The van der Waals surface area contributed by atoms with Crippen LogP contribution in [0.1, 0.15) is 46.3 Å². The van der Waals surface area contributed by atoms with Crippen LogP contribution in [-0.2, 0) is 4.79 Å². The number of benzene rings is 1. The molecule has 0 bridgehead atoms. The van der Waals surface area contributed by atoms with E-state index in [1.54, 1.807) is 0 Å². The van der Waals surface area contributed by atoms with Crippen molar-refractivity contribution in [3.8, 4) is 10.6 Å². The molecule has 2 aromatic rings. The summed E-state index contributed by atoms with van der Waals surface area (Å²) in [4.78, 5) is 31.5. The Hall–Kier alpha value is -2.21. The normalized spacial score (nSPS) is 17.2. The standard InChI is InChI=1S/C20H25N3O2S/c1-12-7-8-17(13(2)10-12)19-21-14(3)18(26-19)20(25)23-9-5-6-16(11-23)22-15(4)24/h7-8,10,16H,5-6,9,11H2,1-4H3,(H,22,24)/t16-/m0/s1. The van der Waals surface area contributed by atoms with E-state index in [1.165, 1.54) is 29.4 Å². The van der Waals surface area contributed by atoms with Crippen molar-refractivity contribution in [3.05, 3.63) is 39.9 Å². The lowest BCUT2D eigenvalue weighted by Crippen LogP contribution is -2.49. The second kappa shape index (κ2) is 7.58. The average Bonchev–Trinajstić information content (AvgIpc) is 2.95. The largest absolute Gasteiger partial charge is 0.352 e. The maximum atomic E-state index is 13.0. The van der Waals surface area contributed by atoms with E-state index in [-0.39, 0.29) is 17.9 Å². The van der Waals surface area contributed by atoms with Crippen LogP contribution >= 0.6 is 11.3 Å². The van der Waals surface area contributed by atoms with Crippen molar-refractivity contribution in [2.24, 2.45) is 0 Å². The topological polar surface area (TPSA) is 62.3 Å². The minimum Gasteiger partial charge on any atom is -0.352 e. The summed E-state index contributed by atoms with van der Waals surface area (Å²) in [5, 5.41) is 3.82. The molecule has 0 unspecified atom stereocenters. The molecule has 138 valence electrons. The van der Waals surface area contributed by atoms with E-state index in [0.717, 1.165) is 35.7 Å². The number of hydrogen-bond donors (Lipinski definition) is 1. The molecule has 0 radical (unpaired) electrons. The van der Waals surface area contributed by atoms with Gasteiger partial charge in [0.2, 0.25) is 5.91 Å². The van der Waals surface area contributed by atoms with Crippen LogP contribution in [0.2, 0.25) is 0 Å². The van der Waals surface area contributed by atoms with Crippen LogP contribution in [0.25, 0.3) is 10.6 Å². The molecule has 0 spiro atoms. The van der Waals surface area contributed by atoms with Crippen molar-refractivity contribution >= 4 is 23.2 Å². The summed E-state index contributed by atoms with van der Waals surface area (Å²) in [5.74, 6) is -0.0264. The maximum absolute atomic E-state index is 13.0. The first-order valence-corrected chi connectivity index (χ1v) is 9.78. The molecular weight excluding hydrogens is 346 g/mol. The van der Waals surface area contributed by atoms with Crippen molar-refractivity contribution in [2.45, 2.75) is 46.6 Å². The van der Waals surface area contributed by atoms with Gasteiger partial charge in [-0.15, -0.1) is 11.3 Å². The average molecular weight is 372 g/mol. The monoisotopic (exact) mass is 371 g/mol. The van der Waals surface area contributed by atoms with Gasteiger partial charge in [-0.1, -0.05) is 23.8 Å². The Morgan fingerprint density at radius 2 is 2.04 bits per heavy atom. The van der Waals surface area contributed by atoms with Gasteiger partial charge in [-0.25, -0.2) is 4.98 Å². The molecule has 1 saturated heterocycles. The lowest BCUT2D eigenvalue weighted by atomic mass is 10.1. The first kappa shape index (κ1) is 18.6. The van der Waals surface area contributed by atoms with E-state index in [1.807, 2.05) is 11.8 Å². The van der Waals surface area contributed by atoms with E-state index in [4.69, 9.17) is 0 Å². The van der Waals surface area contributed by atoms with Gasteiger partial charge in [-0.05, 0) is 39.2 Å². The fourth-order valence-corrected chi connectivity index (χ4v) is 4.60. The summed E-state index contributed by atoms with van der Waals surface area (Å²) in [6.45, 7) is 8.85. The molecule has 1 aromatic heterocycles. The number of piperidine rings is 1. The number of aromatic nitrogens is 1. The second-order valence-corrected chi connectivity index (χ2v) is 8.04. The Morgan fingerprint density at radius 1 is 1.27 bits per heavy atom. The van der Waals surface area contributed by atoms with E-state index in [9.17, 15) is 9.59 Å². The first-order chi connectivity index (χ1) is 12.3. The van der Waals surface area contributed by atoms with Gasteiger partial charge in [0.05, 0.1) is 5.69 Å². The predicted molar refractivity (Wildman–Crippen MR) is 105 cm³/mol. The molecule has 2 heterocycles. The van der Waals surface area contributed by atoms with Crippen molar-refractivity contribution in [1.29, 1.82) is 0 Å². The van der Waals surface area contributed by atoms with Crippen molar-refractivity contribution in [2.75, 3.05) is 13.1 Å². The highest BCUT2D eigenvalue weighted by Crippen LogP contribution is 2.31. The summed E-state index contributed by atoms with van der Waals surface area (Å²) in [6.07, 6.45) is 1.82. The number of nitrogens with one attached hydrogen (secondary N) is 1. The molecule has 1 atom stereocenters. The van der Waals surface area contributed by atoms with Crippen molar-refractivity contribution < 1.29 is 9.59 Å². The summed E-state index contributed by atoms with van der Waals surface area (Å²) in [7, 11) is 0. The molecule has 3 rings (SSSR count). The van der Waals surface area contributed by atoms with Gasteiger partial charge in [-0.2, -0.15) is 0 Å². The number of carbonyl (C=O) groups is 2. The van der Waals surface area contributed by atoms with E-state index < -0.39 is 0 Å². The van der Waals surface area contributed by atoms with E-state index >= 15 is 0 Å². The highest BCUT2D eigenvalue weighted by molar-refractivity contribution is 7.17. The number of hydrogen-bond acceptors (Lipinski definition) is 4. The van der Waals surface area contributed by atoms with Crippen LogP contribution in [0.15, 0.2) is 18.2 Å². The summed E-state index contributed by atoms with van der Waals surface area (Å²) >= 11 is 1.46. The summed E-state index contributed by atoms with van der Waals surface area (Å²) in [6, 6.07) is 6.32. The first-order valence-electron chi connectivity index (χ1n) is 8.96. The Bertz CT molecular complexity index is 844. The second-order valence-electron chi connectivity index (χ2n) is 7.04. The highest BCUT2D eigenvalue weighted by atomic mass is 32.1. The zero-order valence-electron chi connectivity index (χ0n) is 15.8. The summed E-state index contributed by atoms with van der Waals surface area (Å²) < 4.78 is 0. The summed E-state index contributed by atoms with van der Waals surface area (Å²) in [5.41, 5.74) is 4.24. The Kier molecular flexibility index (Phi) is 5.41. The highest BCUT2D eigenvalue weighted by Gasteiger charge is 2.27. The fourth-order valence-electron chi connectivity index (χ4n) is 3.47. The van der Waals surface area contributed by atoms with Gasteiger partial charge >= 0.3 is 0 Å². The van der Waals surface area contributed by atoms with E-state index in [2.05, 4.69) is 42.3 Å². The lowest BCUT2D eigenvalue weighted by Gasteiger charge is -2.32. The molecule has 0 saturated carbocycles. The molecular formula is C20H25N3O2S. The molecule has 1 aliphatic rings. The fraction of sp³-hybridized carbons (Fsp3) is 0.450. The van der Waals surface area contributed by atoms with Crippen LogP contribution in [0.5, 0.6) is 0 Å². The number of carbonyl (C=O) groups excluding carboxylic acids is 2. The molecule has 5 nitrogen and oxygen atoms in total. The Balaban J connectivity index is 1.82. The molecule has 0 aliphatic carbocycles. The van der Waals surface area contributed by atoms with Crippen molar-refractivity contribution in [1.82, 2.24) is 15.2 Å². The molecule has 6 heteroatoms. The van der Waals surface area contributed by atoms with Gasteiger partial charge in [0.25, 0.3) is 5.91 Å². The third-order valence-corrected chi connectivity index (χ3v) is 5.90. The number of amides is 2. The molecule has 1 aliphatic heterocycles. The minimum atomic E-state index is -0.0459. The molecule has 2 amide bonds. The van der Waals surface area contributed by atoms with Crippen LogP contribution in [0.3, 0.4) is 0 Å². The molecule has 1 aromatic carbocycles. The van der Waals surface area contributed by atoms with Crippen molar-refractivity contribution in [3.63, 3.8) is 0 Å². The third-order valence-electron chi connectivity index (χ3n) is 4.72. The SMILES string of the molecule is CC(=O)N[C@H]1CCCN(C(=O)c2sc(-c3ccc(C)cc3C)nc2C)C1. The van der Waals surface area contributed by atoms with Gasteiger partial charge in [0.1, 0.15) is 9.88 Å². The molecule has 26 heavy (non-hydrogen) atoms. The van der Waals surface area contributed by atoms with Gasteiger partial charge < -0.3 is 10.2 Å². The number of aryl methyl sites for hydroxylation is 3. The Morgan fingerprint density at radius 3 is 2.73 bits per heavy atom. The van der Waals surface area contributed by atoms with E-state index in [0.29, 0.717) is 11.4 Å². The Labute approximate surface area is 158 Å². The third kappa shape index (κ3) is 3.96. The minimum absolute atomic E-state index is 0.0195. The van der Waals surface area contributed by atoms with Gasteiger partial charge in [-0.3, -0.25) is 9.59 Å². The van der Waals surface area contributed by atoms with Gasteiger partial charge in [0, 0.05) is 31.6 Å². The lowest BCUT2D eigenvalue weighted by molar-refractivity contribution is -0.120. The zero-order valence-corrected chi connectivity index (χ0v) is 16.6. The predicted octanol–water partition coefficient (Wildman–Crippen LogP) is 3.48. The number of rotatable bonds is 3. The molecule has 1 fully saturated rings. The van der Waals surface area contributed by atoms with Gasteiger partial charge in [0.15, 0.2) is 0 Å². The van der Waals surface area contributed by atoms with Crippen LogP contribution in [0.4, 0.5) is 0 Å².